The molecule has 1 aromatic rings. The molecule has 0 spiro atoms. The van der Waals surface area contributed by atoms with Crippen molar-refractivity contribution in [1.82, 2.24) is 15.5 Å². The molecule has 112 valence electrons. The molecule has 5 N–H and O–H groups in total. The monoisotopic (exact) mass is 281 g/mol. The lowest BCUT2D eigenvalue weighted by Crippen LogP contribution is -2.46. The van der Waals surface area contributed by atoms with E-state index in [4.69, 9.17) is 5.73 Å². The topological polar surface area (TPSA) is 113 Å². The maximum absolute atomic E-state index is 12.1. The van der Waals surface area contributed by atoms with Gasteiger partial charge in [-0.3, -0.25) is 9.89 Å². The van der Waals surface area contributed by atoms with E-state index in [2.05, 4.69) is 27.8 Å². The third-order valence-corrected chi connectivity index (χ3v) is 2.74. The standard InChI is InChI=1S/C13H23N5O2/c1-4-5-9-7-11(18-17-9)16-12(19)10(6-8(2)3)15-13(14)20/h7-8,10H,4-6H2,1-3H3,(H3,14,15,20)(H2,16,17,18,19). The molecule has 0 aromatic carbocycles. The third-order valence-electron chi connectivity index (χ3n) is 2.74. The first-order chi connectivity index (χ1) is 9.42. The summed E-state index contributed by atoms with van der Waals surface area (Å²) in [5.41, 5.74) is 6.06. The number of anilines is 1. The molecule has 1 rings (SSSR count). The van der Waals surface area contributed by atoms with Gasteiger partial charge in [-0.25, -0.2) is 4.79 Å². The summed E-state index contributed by atoms with van der Waals surface area (Å²) in [5.74, 6) is 0.401. The molecule has 1 unspecified atom stereocenters. The highest BCUT2D eigenvalue weighted by Crippen LogP contribution is 2.10. The number of urea groups is 1. The number of carbonyl (C=O) groups is 2. The summed E-state index contributed by atoms with van der Waals surface area (Å²) in [6, 6.07) is 0.427. The van der Waals surface area contributed by atoms with Crippen molar-refractivity contribution in [3.63, 3.8) is 0 Å². The third kappa shape index (κ3) is 5.29. The van der Waals surface area contributed by atoms with Crippen LogP contribution in [0.2, 0.25) is 0 Å². The summed E-state index contributed by atoms with van der Waals surface area (Å²) in [5, 5.41) is 12.0. The first-order valence-corrected chi connectivity index (χ1v) is 6.83. The first-order valence-electron chi connectivity index (χ1n) is 6.83. The number of aromatic amines is 1. The molecular weight excluding hydrogens is 258 g/mol. The Morgan fingerprint density at radius 2 is 2.15 bits per heavy atom. The highest BCUT2D eigenvalue weighted by atomic mass is 16.2. The van der Waals surface area contributed by atoms with Crippen LogP contribution in [0.3, 0.4) is 0 Å². The minimum atomic E-state index is -0.709. The van der Waals surface area contributed by atoms with Gasteiger partial charge in [-0.05, 0) is 18.8 Å². The van der Waals surface area contributed by atoms with Crippen LogP contribution in [0.1, 0.15) is 39.3 Å². The number of aryl methyl sites for hydroxylation is 1. The minimum absolute atomic E-state index is 0.257. The molecule has 0 aliphatic carbocycles. The molecule has 1 aromatic heterocycles. The number of nitrogens with zero attached hydrogens (tertiary/aromatic N) is 1. The van der Waals surface area contributed by atoms with Crippen LogP contribution in [0.25, 0.3) is 0 Å². The molecule has 0 saturated heterocycles. The van der Waals surface area contributed by atoms with E-state index < -0.39 is 12.1 Å². The van der Waals surface area contributed by atoms with Crippen molar-refractivity contribution in [2.45, 2.75) is 46.1 Å². The summed E-state index contributed by atoms with van der Waals surface area (Å²) >= 11 is 0. The van der Waals surface area contributed by atoms with Gasteiger partial charge >= 0.3 is 6.03 Å². The number of primary amides is 1. The van der Waals surface area contributed by atoms with E-state index in [1.54, 1.807) is 6.07 Å². The quantitative estimate of drug-likeness (QED) is 0.605. The fourth-order valence-corrected chi connectivity index (χ4v) is 1.91. The van der Waals surface area contributed by atoms with Gasteiger partial charge in [-0.1, -0.05) is 27.2 Å². The van der Waals surface area contributed by atoms with E-state index >= 15 is 0 Å². The normalized spacial score (nSPS) is 12.2. The van der Waals surface area contributed by atoms with E-state index in [1.165, 1.54) is 0 Å². The first kappa shape index (κ1) is 16.0. The van der Waals surface area contributed by atoms with Gasteiger partial charge in [0.2, 0.25) is 5.91 Å². The van der Waals surface area contributed by atoms with E-state index in [0.717, 1.165) is 18.5 Å². The van der Waals surface area contributed by atoms with Gasteiger partial charge in [0, 0.05) is 11.8 Å². The zero-order valence-corrected chi connectivity index (χ0v) is 12.2. The van der Waals surface area contributed by atoms with Crippen molar-refractivity contribution in [1.29, 1.82) is 0 Å². The molecular formula is C13H23N5O2. The van der Waals surface area contributed by atoms with Crippen LogP contribution in [0.15, 0.2) is 6.07 Å². The van der Waals surface area contributed by atoms with Crippen molar-refractivity contribution >= 4 is 17.8 Å². The average molecular weight is 281 g/mol. The van der Waals surface area contributed by atoms with Gasteiger partial charge in [0.05, 0.1) is 0 Å². The highest BCUT2D eigenvalue weighted by Gasteiger charge is 2.21. The molecule has 7 nitrogen and oxygen atoms in total. The number of aromatic nitrogens is 2. The molecule has 0 saturated carbocycles. The molecule has 0 fully saturated rings. The van der Waals surface area contributed by atoms with Gasteiger partial charge in [0.15, 0.2) is 5.82 Å². The number of hydrogen-bond acceptors (Lipinski definition) is 3. The van der Waals surface area contributed by atoms with Crippen LogP contribution in [0.5, 0.6) is 0 Å². The number of amides is 3. The van der Waals surface area contributed by atoms with Gasteiger partial charge in [0.1, 0.15) is 6.04 Å². The summed E-state index contributed by atoms with van der Waals surface area (Å²) in [7, 11) is 0. The largest absolute Gasteiger partial charge is 0.352 e. The van der Waals surface area contributed by atoms with E-state index in [1.807, 2.05) is 13.8 Å². The zero-order chi connectivity index (χ0) is 15.1. The number of hydrogen-bond donors (Lipinski definition) is 4. The van der Waals surface area contributed by atoms with Gasteiger partial charge in [-0.15, -0.1) is 0 Å². The fourth-order valence-electron chi connectivity index (χ4n) is 1.91. The Morgan fingerprint density at radius 1 is 1.45 bits per heavy atom. The Labute approximate surface area is 118 Å². The maximum Gasteiger partial charge on any atom is 0.312 e. The van der Waals surface area contributed by atoms with Gasteiger partial charge in [0.25, 0.3) is 0 Å². The summed E-state index contributed by atoms with van der Waals surface area (Å²) in [6.07, 6.45) is 2.38. The molecule has 1 heterocycles. The predicted octanol–water partition coefficient (Wildman–Crippen LogP) is 1.38. The maximum atomic E-state index is 12.1. The van der Waals surface area contributed by atoms with Crippen molar-refractivity contribution in [2.24, 2.45) is 11.7 Å². The summed E-state index contributed by atoms with van der Waals surface area (Å²) < 4.78 is 0. The molecule has 0 radical (unpaired) electrons. The second-order valence-corrected chi connectivity index (χ2v) is 5.21. The fraction of sp³-hybridized carbons (Fsp3) is 0.615. The predicted molar refractivity (Wildman–Crippen MR) is 77.2 cm³/mol. The molecule has 7 heteroatoms. The van der Waals surface area contributed by atoms with Crippen molar-refractivity contribution in [2.75, 3.05) is 5.32 Å². The second-order valence-electron chi connectivity index (χ2n) is 5.21. The van der Waals surface area contributed by atoms with Crippen molar-refractivity contribution in [3.05, 3.63) is 11.8 Å². The van der Waals surface area contributed by atoms with Crippen LogP contribution in [-0.4, -0.2) is 28.2 Å². The Balaban J connectivity index is 2.65. The van der Waals surface area contributed by atoms with Crippen LogP contribution >= 0.6 is 0 Å². The van der Waals surface area contributed by atoms with Gasteiger partial charge < -0.3 is 16.4 Å². The number of carbonyl (C=O) groups excluding carboxylic acids is 2. The number of nitrogens with one attached hydrogen (secondary N) is 3. The average Bonchev–Trinajstić information content (AvgIpc) is 2.75. The highest BCUT2D eigenvalue weighted by molar-refractivity contribution is 5.96. The lowest BCUT2D eigenvalue weighted by atomic mass is 10.0. The lowest BCUT2D eigenvalue weighted by Gasteiger charge is -2.18. The van der Waals surface area contributed by atoms with Crippen LogP contribution < -0.4 is 16.4 Å². The molecule has 3 amide bonds. The summed E-state index contributed by atoms with van der Waals surface area (Å²) in [4.78, 5) is 23.1. The number of nitrogens with two attached hydrogens (primary N) is 1. The van der Waals surface area contributed by atoms with Crippen LogP contribution in [-0.2, 0) is 11.2 Å². The molecule has 0 aliphatic rings. The number of H-pyrrole nitrogens is 1. The van der Waals surface area contributed by atoms with Crippen LogP contribution in [0.4, 0.5) is 10.6 Å². The SMILES string of the molecule is CCCc1cc(NC(=O)C(CC(C)C)NC(N)=O)n[nH]1. The zero-order valence-electron chi connectivity index (χ0n) is 12.2. The molecule has 0 bridgehead atoms. The summed E-state index contributed by atoms with van der Waals surface area (Å²) in [6.45, 7) is 6.00. The second kappa shape index (κ2) is 7.52. The lowest BCUT2D eigenvalue weighted by molar-refractivity contribution is -0.118. The van der Waals surface area contributed by atoms with Gasteiger partial charge in [-0.2, -0.15) is 5.10 Å². The number of rotatable bonds is 7. The Kier molecular flexibility index (Phi) is 6.02. The van der Waals surface area contributed by atoms with E-state index in [-0.39, 0.29) is 11.8 Å². The molecule has 0 aliphatic heterocycles. The molecule has 20 heavy (non-hydrogen) atoms. The molecule has 1 atom stereocenters. The Bertz CT molecular complexity index is 455. The Hall–Kier alpha value is -2.05. The van der Waals surface area contributed by atoms with Crippen molar-refractivity contribution in [3.8, 4) is 0 Å². The minimum Gasteiger partial charge on any atom is -0.352 e. The van der Waals surface area contributed by atoms with Crippen molar-refractivity contribution < 1.29 is 9.59 Å². The van der Waals surface area contributed by atoms with Crippen LogP contribution in [0, 0.1) is 5.92 Å². The van der Waals surface area contributed by atoms with E-state index in [9.17, 15) is 9.59 Å². The Morgan fingerprint density at radius 3 is 2.70 bits per heavy atom. The smallest absolute Gasteiger partial charge is 0.312 e. The van der Waals surface area contributed by atoms with E-state index in [0.29, 0.717) is 12.2 Å².